The molecular weight excluding hydrogens is 268 g/mol. The molecule has 1 aliphatic rings. The lowest BCUT2D eigenvalue weighted by molar-refractivity contribution is 0.0453. The summed E-state index contributed by atoms with van der Waals surface area (Å²) in [7, 11) is 5.45. The quantitative estimate of drug-likeness (QED) is 0.889. The van der Waals surface area contributed by atoms with Gasteiger partial charge in [-0.05, 0) is 32.2 Å². The number of methoxy groups -OCH3 is 2. The molecule has 0 radical (unpaired) electrons. The van der Waals surface area contributed by atoms with Crippen molar-refractivity contribution in [2.45, 2.75) is 19.0 Å². The Balaban J connectivity index is 2.28. The number of aliphatic hydroxyl groups excluding tert-OH is 1. The van der Waals surface area contributed by atoms with Gasteiger partial charge in [-0.15, -0.1) is 0 Å². The van der Waals surface area contributed by atoms with Crippen LogP contribution in [0.1, 0.15) is 18.5 Å². The summed E-state index contributed by atoms with van der Waals surface area (Å²) in [6, 6.07) is 6.15. The maximum absolute atomic E-state index is 9.92. The van der Waals surface area contributed by atoms with Crippen LogP contribution in [0.3, 0.4) is 0 Å². The Morgan fingerprint density at radius 2 is 2.05 bits per heavy atom. The van der Waals surface area contributed by atoms with Gasteiger partial charge in [-0.3, -0.25) is 4.90 Å². The second-order valence-electron chi connectivity index (χ2n) is 5.63. The summed E-state index contributed by atoms with van der Waals surface area (Å²) < 4.78 is 10.8. The molecule has 21 heavy (non-hydrogen) atoms. The maximum Gasteiger partial charge on any atom is 0.124 e. The molecule has 0 saturated carbocycles. The van der Waals surface area contributed by atoms with E-state index in [-0.39, 0.29) is 12.6 Å². The fraction of sp³-hybridized carbons (Fsp3) is 0.625. The van der Waals surface area contributed by atoms with Gasteiger partial charge in [0, 0.05) is 31.2 Å². The summed E-state index contributed by atoms with van der Waals surface area (Å²) >= 11 is 0. The molecular formula is C16H26N2O3. The van der Waals surface area contributed by atoms with Gasteiger partial charge in [-0.2, -0.15) is 0 Å². The monoisotopic (exact) mass is 294 g/mol. The van der Waals surface area contributed by atoms with Gasteiger partial charge >= 0.3 is 0 Å². The summed E-state index contributed by atoms with van der Waals surface area (Å²) in [6.07, 6.45) is 0. The Labute approximate surface area is 127 Å². The first-order valence-corrected chi connectivity index (χ1v) is 7.37. The van der Waals surface area contributed by atoms with Crippen LogP contribution in [0.2, 0.25) is 0 Å². The molecule has 0 aliphatic carbocycles. The minimum absolute atomic E-state index is 0.0637. The first-order valence-electron chi connectivity index (χ1n) is 7.37. The highest BCUT2D eigenvalue weighted by molar-refractivity contribution is 5.42. The molecule has 1 saturated heterocycles. The molecule has 2 unspecified atom stereocenters. The second-order valence-corrected chi connectivity index (χ2v) is 5.63. The third-order valence-electron chi connectivity index (χ3n) is 4.40. The zero-order chi connectivity index (χ0) is 15.4. The number of hydrogen-bond acceptors (Lipinski definition) is 5. The predicted molar refractivity (Wildman–Crippen MR) is 83.0 cm³/mol. The van der Waals surface area contributed by atoms with Crippen molar-refractivity contribution in [3.05, 3.63) is 23.8 Å². The van der Waals surface area contributed by atoms with Crippen LogP contribution in [0.4, 0.5) is 0 Å². The molecule has 1 aromatic rings. The van der Waals surface area contributed by atoms with E-state index >= 15 is 0 Å². The summed E-state index contributed by atoms with van der Waals surface area (Å²) in [5, 5.41) is 9.92. The van der Waals surface area contributed by atoms with Crippen LogP contribution in [0, 0.1) is 0 Å². The molecule has 0 spiro atoms. The van der Waals surface area contributed by atoms with E-state index in [1.165, 1.54) is 0 Å². The number of aliphatic hydroxyl groups is 1. The van der Waals surface area contributed by atoms with Gasteiger partial charge in [0.2, 0.25) is 0 Å². The third kappa shape index (κ3) is 3.48. The van der Waals surface area contributed by atoms with Gasteiger partial charge in [0.1, 0.15) is 11.5 Å². The molecule has 1 aromatic carbocycles. The van der Waals surface area contributed by atoms with Crippen molar-refractivity contribution in [2.24, 2.45) is 0 Å². The van der Waals surface area contributed by atoms with Gasteiger partial charge in [-0.1, -0.05) is 0 Å². The SMILES string of the molecule is COc1ccc(OC)c(C(CO)N2CCN(C)C(C)C2)c1. The third-order valence-corrected chi connectivity index (χ3v) is 4.40. The first kappa shape index (κ1) is 16.1. The number of likely N-dealkylation sites (N-methyl/N-ethyl adjacent to an activating group) is 1. The summed E-state index contributed by atoms with van der Waals surface area (Å²) in [5.41, 5.74) is 0.983. The molecule has 0 aromatic heterocycles. The number of benzene rings is 1. The lowest BCUT2D eigenvalue weighted by Crippen LogP contribution is -2.51. The Hall–Kier alpha value is -1.30. The predicted octanol–water partition coefficient (Wildman–Crippen LogP) is 1.37. The zero-order valence-corrected chi connectivity index (χ0v) is 13.4. The van der Waals surface area contributed by atoms with Gasteiger partial charge in [-0.25, -0.2) is 0 Å². The van der Waals surface area contributed by atoms with Gasteiger partial charge in [0.05, 0.1) is 26.9 Å². The number of piperazine rings is 1. The lowest BCUT2D eigenvalue weighted by Gasteiger charge is -2.41. The average molecular weight is 294 g/mol. The van der Waals surface area contributed by atoms with Crippen LogP contribution < -0.4 is 9.47 Å². The van der Waals surface area contributed by atoms with Crippen LogP contribution in [0.25, 0.3) is 0 Å². The molecule has 0 amide bonds. The number of rotatable bonds is 5. The fourth-order valence-electron chi connectivity index (χ4n) is 2.87. The van der Waals surface area contributed by atoms with E-state index in [4.69, 9.17) is 9.47 Å². The summed E-state index contributed by atoms with van der Waals surface area (Å²) in [4.78, 5) is 4.66. The minimum Gasteiger partial charge on any atom is -0.497 e. The number of hydrogen-bond donors (Lipinski definition) is 1. The maximum atomic E-state index is 9.92. The largest absolute Gasteiger partial charge is 0.497 e. The molecule has 2 atom stereocenters. The first-order chi connectivity index (χ1) is 10.1. The Bertz CT molecular complexity index is 467. The van der Waals surface area contributed by atoms with Gasteiger partial charge in [0.15, 0.2) is 0 Å². The van der Waals surface area contributed by atoms with Crippen molar-refractivity contribution < 1.29 is 14.6 Å². The Kier molecular flexibility index (Phi) is 5.45. The van der Waals surface area contributed by atoms with E-state index in [9.17, 15) is 5.11 Å². The van der Waals surface area contributed by atoms with Crippen molar-refractivity contribution in [1.29, 1.82) is 0 Å². The fourth-order valence-corrected chi connectivity index (χ4v) is 2.87. The lowest BCUT2D eigenvalue weighted by atomic mass is 10.0. The van der Waals surface area contributed by atoms with E-state index < -0.39 is 0 Å². The van der Waals surface area contributed by atoms with E-state index in [2.05, 4.69) is 23.8 Å². The van der Waals surface area contributed by atoms with Crippen molar-refractivity contribution >= 4 is 0 Å². The van der Waals surface area contributed by atoms with Gasteiger partial charge < -0.3 is 19.5 Å². The molecule has 5 heteroatoms. The highest BCUT2D eigenvalue weighted by atomic mass is 16.5. The molecule has 1 aliphatic heterocycles. The second kappa shape index (κ2) is 7.11. The van der Waals surface area contributed by atoms with Crippen LogP contribution in [-0.2, 0) is 0 Å². The minimum atomic E-state index is -0.0637. The molecule has 0 bridgehead atoms. The van der Waals surface area contributed by atoms with Crippen molar-refractivity contribution in [3.63, 3.8) is 0 Å². The summed E-state index contributed by atoms with van der Waals surface area (Å²) in [6.45, 7) is 5.15. The average Bonchev–Trinajstić information content (AvgIpc) is 2.51. The smallest absolute Gasteiger partial charge is 0.124 e. The van der Waals surface area contributed by atoms with Crippen LogP contribution in [-0.4, -0.2) is 68.5 Å². The molecule has 1 fully saturated rings. The number of ether oxygens (including phenoxy) is 2. The van der Waals surface area contributed by atoms with Crippen LogP contribution >= 0.6 is 0 Å². The Morgan fingerprint density at radius 1 is 1.29 bits per heavy atom. The molecule has 1 N–H and O–H groups in total. The molecule has 5 nitrogen and oxygen atoms in total. The van der Waals surface area contributed by atoms with Gasteiger partial charge in [0.25, 0.3) is 0 Å². The zero-order valence-electron chi connectivity index (χ0n) is 13.4. The van der Waals surface area contributed by atoms with Crippen molar-refractivity contribution in [3.8, 4) is 11.5 Å². The Morgan fingerprint density at radius 3 is 2.62 bits per heavy atom. The van der Waals surface area contributed by atoms with E-state index in [0.717, 1.165) is 36.7 Å². The van der Waals surface area contributed by atoms with Crippen LogP contribution in [0.5, 0.6) is 11.5 Å². The molecule has 1 heterocycles. The highest BCUT2D eigenvalue weighted by Gasteiger charge is 2.29. The van der Waals surface area contributed by atoms with E-state index in [1.807, 2.05) is 18.2 Å². The highest BCUT2D eigenvalue weighted by Crippen LogP contribution is 2.33. The molecule has 2 rings (SSSR count). The summed E-state index contributed by atoms with van der Waals surface area (Å²) in [5.74, 6) is 1.58. The number of nitrogens with zero attached hydrogens (tertiary/aromatic N) is 2. The molecule has 118 valence electrons. The normalized spacial score (nSPS) is 22.0. The van der Waals surface area contributed by atoms with Crippen molar-refractivity contribution in [1.82, 2.24) is 9.80 Å². The standard InChI is InChI=1S/C16H26N2O3/c1-12-10-18(8-7-17(12)2)15(11-19)14-9-13(20-3)5-6-16(14)21-4/h5-6,9,12,15,19H,7-8,10-11H2,1-4H3. The topological polar surface area (TPSA) is 45.2 Å². The van der Waals surface area contributed by atoms with Crippen LogP contribution in [0.15, 0.2) is 18.2 Å². The van der Waals surface area contributed by atoms with Crippen molar-refractivity contribution in [2.75, 3.05) is 47.5 Å². The van der Waals surface area contributed by atoms with E-state index in [0.29, 0.717) is 6.04 Å². The van der Waals surface area contributed by atoms with E-state index in [1.54, 1.807) is 14.2 Å².